The average Bonchev–Trinajstić information content (AvgIpc) is 2.76. The van der Waals surface area contributed by atoms with Crippen molar-refractivity contribution in [2.75, 3.05) is 18.5 Å². The van der Waals surface area contributed by atoms with Crippen molar-refractivity contribution in [3.05, 3.63) is 5.69 Å². The first-order valence-electron chi connectivity index (χ1n) is 5.15. The van der Waals surface area contributed by atoms with Gasteiger partial charge in [0.25, 0.3) is 5.91 Å². The van der Waals surface area contributed by atoms with Crippen LogP contribution >= 0.6 is 0 Å². The molecule has 7 nitrogen and oxygen atoms in total. The van der Waals surface area contributed by atoms with Gasteiger partial charge in [0.15, 0.2) is 22.3 Å². The Morgan fingerprint density at radius 3 is 2.75 bits per heavy atom. The van der Waals surface area contributed by atoms with E-state index in [9.17, 15) is 22.2 Å². The molecule has 1 amide bonds. The number of carbonyl (C=O) groups is 1. The lowest BCUT2D eigenvalue weighted by atomic mass is 10.4. The minimum atomic E-state index is -5.07. The van der Waals surface area contributed by atoms with Crippen LogP contribution in [0.1, 0.15) is 12.6 Å². The monoisotopic (exact) mass is 310 g/mol. The largest absolute Gasteiger partial charge is 0.476 e. The molecule has 0 radical (unpaired) electrons. The van der Waals surface area contributed by atoms with Crippen LogP contribution in [0, 0.1) is 11.3 Å². The number of halogens is 3. The van der Waals surface area contributed by atoms with E-state index in [1.165, 1.54) is 6.07 Å². The number of alkyl halides is 3. The Kier molecular flexibility index (Phi) is 5.23. The van der Waals surface area contributed by atoms with Crippen LogP contribution in [-0.2, 0) is 20.3 Å². The number of hydrogen-bond donors (Lipinski definition) is 2. The maximum atomic E-state index is 12.5. The Balaban J connectivity index is 3.05. The van der Waals surface area contributed by atoms with Gasteiger partial charge in [-0.3, -0.25) is 9.89 Å². The van der Waals surface area contributed by atoms with Crippen LogP contribution in [0.25, 0.3) is 0 Å². The molecule has 0 aliphatic rings. The molecule has 110 valence electrons. The average molecular weight is 310 g/mol. The number of anilines is 1. The van der Waals surface area contributed by atoms with Crippen molar-refractivity contribution >= 4 is 22.5 Å². The molecule has 0 saturated carbocycles. The third kappa shape index (κ3) is 3.78. The fourth-order valence-corrected chi connectivity index (χ4v) is 1.93. The van der Waals surface area contributed by atoms with E-state index in [-0.39, 0.29) is 6.61 Å². The fourth-order valence-electron chi connectivity index (χ4n) is 1.15. The summed E-state index contributed by atoms with van der Waals surface area (Å²) >= 11 is 0. The lowest BCUT2D eigenvalue weighted by Gasteiger charge is -2.07. The summed E-state index contributed by atoms with van der Waals surface area (Å²) in [6.07, 6.45) is 0. The lowest BCUT2D eigenvalue weighted by molar-refractivity contribution is -0.120. The number of nitriles is 1. The SMILES string of the molecule is CCOCC(=O)Nc1n[nH]c(C#N)c1S(=O)C(F)(F)F. The maximum Gasteiger partial charge on any atom is 0.476 e. The topological polar surface area (TPSA) is 108 Å². The summed E-state index contributed by atoms with van der Waals surface area (Å²) < 4.78 is 53.5. The molecule has 0 aliphatic carbocycles. The molecule has 11 heteroatoms. The fraction of sp³-hybridized carbons (Fsp3) is 0.444. The number of nitrogens with one attached hydrogen (secondary N) is 2. The predicted octanol–water partition coefficient (Wildman–Crippen LogP) is 0.884. The molecule has 0 bridgehead atoms. The molecule has 0 fully saturated rings. The summed E-state index contributed by atoms with van der Waals surface area (Å²) in [6.45, 7) is 1.46. The second kappa shape index (κ2) is 6.49. The summed E-state index contributed by atoms with van der Waals surface area (Å²) in [5.41, 5.74) is -5.71. The minimum Gasteiger partial charge on any atom is -0.372 e. The van der Waals surface area contributed by atoms with Crippen LogP contribution in [0.5, 0.6) is 0 Å². The lowest BCUT2D eigenvalue weighted by Crippen LogP contribution is -2.22. The van der Waals surface area contributed by atoms with Crippen LogP contribution in [0.4, 0.5) is 19.0 Å². The standard InChI is InChI=1S/C9H9F3N4O3S/c1-2-19-4-6(17)14-8-7(5(3-13)15-16-8)20(18)9(10,11)12/h2,4H2,1H3,(H2,14,15,16,17). The number of H-pyrrole nitrogens is 1. The predicted molar refractivity (Wildman–Crippen MR) is 60.9 cm³/mol. The number of aromatic amines is 1. The quantitative estimate of drug-likeness (QED) is 0.839. The highest BCUT2D eigenvalue weighted by Crippen LogP contribution is 2.31. The Bertz CT molecular complexity index is 564. The molecule has 0 aromatic carbocycles. The van der Waals surface area contributed by atoms with E-state index >= 15 is 0 Å². The summed E-state index contributed by atoms with van der Waals surface area (Å²) in [7, 11) is -3.49. The Morgan fingerprint density at radius 1 is 1.60 bits per heavy atom. The number of hydrogen-bond acceptors (Lipinski definition) is 5. The van der Waals surface area contributed by atoms with Crippen LogP contribution in [-0.4, -0.2) is 39.0 Å². The Morgan fingerprint density at radius 2 is 2.25 bits per heavy atom. The molecular weight excluding hydrogens is 301 g/mol. The molecule has 20 heavy (non-hydrogen) atoms. The van der Waals surface area contributed by atoms with Gasteiger partial charge in [-0.15, -0.1) is 0 Å². The summed E-state index contributed by atoms with van der Waals surface area (Å²) in [6, 6.07) is 1.39. The van der Waals surface area contributed by atoms with Crippen LogP contribution in [0.15, 0.2) is 4.90 Å². The molecule has 0 aliphatic heterocycles. The highest BCUT2D eigenvalue weighted by Gasteiger charge is 2.42. The van der Waals surface area contributed by atoms with Crippen molar-refractivity contribution < 1.29 is 26.9 Å². The summed E-state index contributed by atoms with van der Waals surface area (Å²) in [5.74, 6) is -1.38. The van der Waals surface area contributed by atoms with Gasteiger partial charge in [0.05, 0.1) is 0 Å². The van der Waals surface area contributed by atoms with Gasteiger partial charge in [-0.1, -0.05) is 0 Å². The summed E-state index contributed by atoms with van der Waals surface area (Å²) in [4.78, 5) is 10.4. The van der Waals surface area contributed by atoms with Crippen LogP contribution < -0.4 is 5.32 Å². The van der Waals surface area contributed by atoms with Gasteiger partial charge in [0.1, 0.15) is 17.6 Å². The molecule has 1 aromatic rings. The van der Waals surface area contributed by atoms with Gasteiger partial charge in [-0.25, -0.2) is 4.21 Å². The van der Waals surface area contributed by atoms with E-state index in [0.717, 1.165) is 0 Å². The first-order valence-corrected chi connectivity index (χ1v) is 6.30. The molecule has 0 spiro atoms. The maximum absolute atomic E-state index is 12.5. The Labute approximate surface area is 113 Å². The number of carbonyl (C=O) groups excluding carboxylic acids is 1. The number of amides is 1. The highest BCUT2D eigenvalue weighted by molar-refractivity contribution is 7.86. The number of nitrogens with zero attached hydrogens (tertiary/aromatic N) is 2. The van der Waals surface area contributed by atoms with Crippen LogP contribution in [0.3, 0.4) is 0 Å². The van der Waals surface area contributed by atoms with E-state index in [1.807, 2.05) is 10.4 Å². The zero-order chi connectivity index (χ0) is 15.3. The highest BCUT2D eigenvalue weighted by atomic mass is 32.2. The van der Waals surface area contributed by atoms with Crippen molar-refractivity contribution in [2.24, 2.45) is 0 Å². The van der Waals surface area contributed by atoms with Crippen molar-refractivity contribution in [1.82, 2.24) is 10.2 Å². The molecule has 1 atom stereocenters. The van der Waals surface area contributed by atoms with Gasteiger partial charge < -0.3 is 10.1 Å². The number of rotatable bonds is 5. The molecule has 1 unspecified atom stereocenters. The first kappa shape index (κ1) is 16.1. The van der Waals surface area contributed by atoms with E-state index in [4.69, 9.17) is 10.00 Å². The Hall–Kier alpha value is -1.93. The van der Waals surface area contributed by atoms with E-state index in [2.05, 4.69) is 5.10 Å². The third-order valence-corrected chi connectivity index (χ3v) is 3.11. The minimum absolute atomic E-state index is 0.235. The number of aromatic nitrogens is 2. The van der Waals surface area contributed by atoms with Gasteiger partial charge in [-0.2, -0.15) is 23.5 Å². The van der Waals surface area contributed by atoms with Gasteiger partial charge in [-0.05, 0) is 6.92 Å². The summed E-state index contributed by atoms with van der Waals surface area (Å²) in [5, 5.41) is 16.0. The van der Waals surface area contributed by atoms with Crippen molar-refractivity contribution in [2.45, 2.75) is 17.3 Å². The normalized spacial score (nSPS) is 12.8. The molecule has 1 heterocycles. The van der Waals surface area contributed by atoms with Crippen molar-refractivity contribution in [3.8, 4) is 6.07 Å². The van der Waals surface area contributed by atoms with E-state index < -0.39 is 45.2 Å². The molecule has 2 N–H and O–H groups in total. The molecule has 0 saturated heterocycles. The zero-order valence-electron chi connectivity index (χ0n) is 10.1. The zero-order valence-corrected chi connectivity index (χ0v) is 10.9. The smallest absolute Gasteiger partial charge is 0.372 e. The van der Waals surface area contributed by atoms with E-state index in [0.29, 0.717) is 0 Å². The van der Waals surface area contributed by atoms with Gasteiger partial charge >= 0.3 is 5.51 Å². The second-order valence-electron chi connectivity index (χ2n) is 3.29. The molecule has 1 aromatic heterocycles. The van der Waals surface area contributed by atoms with Gasteiger partial charge in [0.2, 0.25) is 0 Å². The molecule has 1 rings (SSSR count). The van der Waals surface area contributed by atoms with E-state index in [1.54, 1.807) is 6.92 Å². The van der Waals surface area contributed by atoms with Crippen molar-refractivity contribution in [1.29, 1.82) is 5.26 Å². The second-order valence-corrected chi connectivity index (χ2v) is 4.70. The van der Waals surface area contributed by atoms with Crippen molar-refractivity contribution in [3.63, 3.8) is 0 Å². The van der Waals surface area contributed by atoms with Gasteiger partial charge in [0, 0.05) is 6.61 Å². The first-order chi connectivity index (χ1) is 9.31. The van der Waals surface area contributed by atoms with Crippen LogP contribution in [0.2, 0.25) is 0 Å². The molecular formula is C9H9F3N4O3S. The third-order valence-electron chi connectivity index (χ3n) is 1.92. The number of ether oxygens (including phenoxy) is 1.